The zero-order valence-electron chi connectivity index (χ0n) is 12.5. The van der Waals surface area contributed by atoms with Gasteiger partial charge in [-0.2, -0.15) is 0 Å². The molecule has 2 rings (SSSR count). The Balaban J connectivity index is 1.83. The van der Waals surface area contributed by atoms with E-state index in [1.807, 2.05) is 30.3 Å². The summed E-state index contributed by atoms with van der Waals surface area (Å²) in [4.78, 5) is 0. The molecule has 0 bridgehead atoms. The lowest BCUT2D eigenvalue weighted by molar-refractivity contribution is 0.234. The normalized spacial score (nSPS) is 12.2. The van der Waals surface area contributed by atoms with Crippen LogP contribution in [0.4, 0.5) is 5.69 Å². The summed E-state index contributed by atoms with van der Waals surface area (Å²) < 4.78 is 5.91. The number of benzene rings is 2. The largest absolute Gasteiger partial charge is 0.489 e. The minimum Gasteiger partial charge on any atom is -0.489 e. The standard InChI is InChI=1S/C18H23NO/c1-14(2)16-9-11-18(12-10-16)20-15(3)13-19-17-7-5-4-6-8-17/h4-12,14-15,19H,13H2,1-3H3/t15-/m0/s1. The van der Waals surface area contributed by atoms with E-state index >= 15 is 0 Å². The average molecular weight is 269 g/mol. The van der Waals surface area contributed by atoms with E-state index in [1.54, 1.807) is 0 Å². The van der Waals surface area contributed by atoms with Crippen LogP contribution in [0.5, 0.6) is 5.75 Å². The Morgan fingerprint density at radius 2 is 1.55 bits per heavy atom. The molecule has 0 fully saturated rings. The Morgan fingerprint density at radius 1 is 0.900 bits per heavy atom. The average Bonchev–Trinajstić information content (AvgIpc) is 2.47. The first kappa shape index (κ1) is 14.4. The maximum atomic E-state index is 5.91. The van der Waals surface area contributed by atoms with Crippen molar-refractivity contribution in [1.29, 1.82) is 0 Å². The van der Waals surface area contributed by atoms with Crippen LogP contribution in [0.1, 0.15) is 32.3 Å². The van der Waals surface area contributed by atoms with Gasteiger partial charge in [0.2, 0.25) is 0 Å². The number of nitrogens with one attached hydrogen (secondary N) is 1. The topological polar surface area (TPSA) is 21.3 Å². The van der Waals surface area contributed by atoms with Gasteiger partial charge in [-0.1, -0.05) is 44.2 Å². The van der Waals surface area contributed by atoms with Crippen molar-refractivity contribution in [3.05, 3.63) is 60.2 Å². The summed E-state index contributed by atoms with van der Waals surface area (Å²) in [7, 11) is 0. The molecule has 0 aliphatic carbocycles. The van der Waals surface area contributed by atoms with Gasteiger partial charge in [0.25, 0.3) is 0 Å². The van der Waals surface area contributed by atoms with Gasteiger partial charge in [-0.15, -0.1) is 0 Å². The Kier molecular flexibility index (Phi) is 5.05. The first-order chi connectivity index (χ1) is 9.65. The van der Waals surface area contributed by atoms with Gasteiger partial charge in [-0.25, -0.2) is 0 Å². The molecule has 0 radical (unpaired) electrons. The molecule has 0 amide bonds. The van der Waals surface area contributed by atoms with Crippen LogP contribution in [0, 0.1) is 0 Å². The van der Waals surface area contributed by atoms with Gasteiger partial charge in [0, 0.05) is 5.69 Å². The molecular weight excluding hydrogens is 246 g/mol. The van der Waals surface area contributed by atoms with Crippen LogP contribution in [0.2, 0.25) is 0 Å². The van der Waals surface area contributed by atoms with E-state index in [0.29, 0.717) is 5.92 Å². The molecule has 2 nitrogen and oxygen atoms in total. The van der Waals surface area contributed by atoms with Gasteiger partial charge in [-0.05, 0) is 42.7 Å². The smallest absolute Gasteiger partial charge is 0.119 e. The summed E-state index contributed by atoms with van der Waals surface area (Å²) in [5.41, 5.74) is 2.46. The van der Waals surface area contributed by atoms with Gasteiger partial charge in [0.15, 0.2) is 0 Å². The predicted molar refractivity (Wildman–Crippen MR) is 85.6 cm³/mol. The lowest BCUT2D eigenvalue weighted by Gasteiger charge is -2.16. The first-order valence-electron chi connectivity index (χ1n) is 7.20. The third kappa shape index (κ3) is 4.30. The fourth-order valence-corrected chi connectivity index (χ4v) is 2.02. The van der Waals surface area contributed by atoms with Crippen LogP contribution in [0.3, 0.4) is 0 Å². The van der Waals surface area contributed by atoms with Crippen LogP contribution in [0.15, 0.2) is 54.6 Å². The number of hydrogen-bond acceptors (Lipinski definition) is 2. The molecule has 1 N–H and O–H groups in total. The zero-order valence-corrected chi connectivity index (χ0v) is 12.5. The highest BCUT2D eigenvalue weighted by Gasteiger charge is 2.05. The van der Waals surface area contributed by atoms with Crippen molar-refractivity contribution in [2.45, 2.75) is 32.8 Å². The molecule has 106 valence electrons. The molecule has 0 saturated carbocycles. The highest BCUT2D eigenvalue weighted by Crippen LogP contribution is 2.19. The Morgan fingerprint density at radius 3 is 2.15 bits per heavy atom. The van der Waals surface area contributed by atoms with E-state index < -0.39 is 0 Å². The Labute approximate surface area is 121 Å². The first-order valence-corrected chi connectivity index (χ1v) is 7.20. The lowest BCUT2D eigenvalue weighted by Crippen LogP contribution is -2.22. The number of anilines is 1. The number of hydrogen-bond donors (Lipinski definition) is 1. The van der Waals surface area contributed by atoms with E-state index in [4.69, 9.17) is 4.74 Å². The van der Waals surface area contributed by atoms with Crippen LogP contribution < -0.4 is 10.1 Å². The number of rotatable bonds is 6. The highest BCUT2D eigenvalue weighted by molar-refractivity contribution is 5.42. The zero-order chi connectivity index (χ0) is 14.4. The molecule has 0 aliphatic rings. The minimum absolute atomic E-state index is 0.125. The van der Waals surface area contributed by atoms with Gasteiger partial charge >= 0.3 is 0 Å². The third-order valence-corrected chi connectivity index (χ3v) is 3.25. The number of para-hydroxylation sites is 1. The summed E-state index contributed by atoms with van der Waals surface area (Å²) >= 11 is 0. The number of ether oxygens (including phenoxy) is 1. The second-order valence-corrected chi connectivity index (χ2v) is 5.40. The summed E-state index contributed by atoms with van der Waals surface area (Å²) in [6.45, 7) is 7.26. The van der Waals surface area contributed by atoms with Crippen molar-refractivity contribution in [3.8, 4) is 5.75 Å². The van der Waals surface area contributed by atoms with E-state index in [0.717, 1.165) is 18.0 Å². The minimum atomic E-state index is 0.125. The molecule has 0 spiro atoms. The van der Waals surface area contributed by atoms with Crippen molar-refractivity contribution >= 4 is 5.69 Å². The molecule has 0 aromatic heterocycles. The predicted octanol–water partition coefficient (Wildman–Crippen LogP) is 4.69. The maximum Gasteiger partial charge on any atom is 0.119 e. The van der Waals surface area contributed by atoms with Crippen molar-refractivity contribution in [1.82, 2.24) is 0 Å². The van der Waals surface area contributed by atoms with Gasteiger partial charge in [0.05, 0.1) is 6.54 Å². The third-order valence-electron chi connectivity index (χ3n) is 3.25. The van der Waals surface area contributed by atoms with Crippen molar-refractivity contribution in [2.75, 3.05) is 11.9 Å². The summed E-state index contributed by atoms with van der Waals surface area (Å²) in [5, 5.41) is 3.37. The quantitative estimate of drug-likeness (QED) is 0.821. The fourth-order valence-electron chi connectivity index (χ4n) is 2.02. The van der Waals surface area contributed by atoms with E-state index in [1.165, 1.54) is 5.56 Å². The van der Waals surface area contributed by atoms with Crippen LogP contribution in [-0.4, -0.2) is 12.6 Å². The van der Waals surface area contributed by atoms with Crippen molar-refractivity contribution in [3.63, 3.8) is 0 Å². The van der Waals surface area contributed by atoms with Crippen molar-refractivity contribution in [2.24, 2.45) is 0 Å². The molecule has 2 aromatic carbocycles. The fraction of sp³-hybridized carbons (Fsp3) is 0.333. The molecule has 1 atom stereocenters. The monoisotopic (exact) mass is 269 g/mol. The molecule has 2 heteroatoms. The van der Waals surface area contributed by atoms with Gasteiger partial charge < -0.3 is 10.1 Å². The van der Waals surface area contributed by atoms with Gasteiger partial charge in [-0.3, -0.25) is 0 Å². The van der Waals surface area contributed by atoms with E-state index in [9.17, 15) is 0 Å². The summed E-state index contributed by atoms with van der Waals surface area (Å²) in [6, 6.07) is 18.6. The molecule has 0 unspecified atom stereocenters. The molecule has 0 aliphatic heterocycles. The molecule has 2 aromatic rings. The highest BCUT2D eigenvalue weighted by atomic mass is 16.5. The van der Waals surface area contributed by atoms with Crippen molar-refractivity contribution < 1.29 is 4.74 Å². The van der Waals surface area contributed by atoms with Crippen LogP contribution >= 0.6 is 0 Å². The molecule has 20 heavy (non-hydrogen) atoms. The Hall–Kier alpha value is -1.96. The second kappa shape index (κ2) is 6.99. The van der Waals surface area contributed by atoms with E-state index in [-0.39, 0.29) is 6.10 Å². The summed E-state index contributed by atoms with van der Waals surface area (Å²) in [6.07, 6.45) is 0.125. The van der Waals surface area contributed by atoms with Crippen LogP contribution in [-0.2, 0) is 0 Å². The summed E-state index contributed by atoms with van der Waals surface area (Å²) in [5.74, 6) is 1.48. The molecule has 0 saturated heterocycles. The van der Waals surface area contributed by atoms with Gasteiger partial charge in [0.1, 0.15) is 11.9 Å². The van der Waals surface area contributed by atoms with E-state index in [2.05, 4.69) is 50.4 Å². The molecular formula is C18H23NO. The van der Waals surface area contributed by atoms with Crippen LogP contribution in [0.25, 0.3) is 0 Å². The SMILES string of the molecule is CC(C)c1ccc(O[C@@H](C)CNc2ccccc2)cc1. The molecule has 0 heterocycles. The lowest BCUT2D eigenvalue weighted by atomic mass is 10.0. The second-order valence-electron chi connectivity index (χ2n) is 5.40. The maximum absolute atomic E-state index is 5.91. The Bertz CT molecular complexity index is 505.